The highest BCUT2D eigenvalue weighted by Gasteiger charge is 2.00. The highest BCUT2D eigenvalue weighted by molar-refractivity contribution is 5.60. The van der Waals surface area contributed by atoms with E-state index in [4.69, 9.17) is 0 Å². The highest BCUT2D eigenvalue weighted by Crippen LogP contribution is 2.14. The van der Waals surface area contributed by atoms with E-state index >= 15 is 0 Å². The van der Waals surface area contributed by atoms with Crippen LogP contribution in [0.5, 0.6) is 0 Å². The van der Waals surface area contributed by atoms with Crippen LogP contribution in [-0.2, 0) is 14.1 Å². The fraction of sp³-hybridized carbons (Fsp3) is 0.375. The summed E-state index contributed by atoms with van der Waals surface area (Å²) in [6.07, 6.45) is 8.23. The number of rotatable bonds is 1. The molecule has 2 heteroatoms. The molecule has 0 unspecified atom stereocenters. The summed E-state index contributed by atoms with van der Waals surface area (Å²) in [5, 5.41) is 0. The minimum absolute atomic E-state index is 1.25. The zero-order valence-corrected chi connectivity index (χ0v) is 12.5. The summed E-state index contributed by atoms with van der Waals surface area (Å²) in [5.74, 6) is 0. The molecule has 0 bridgehead atoms. The van der Waals surface area contributed by atoms with Gasteiger partial charge in [0.25, 0.3) is 0 Å². The zero-order valence-electron chi connectivity index (χ0n) is 12.5. The van der Waals surface area contributed by atoms with Gasteiger partial charge in [-0.1, -0.05) is 27.7 Å². The Morgan fingerprint density at radius 1 is 0.556 bits per heavy atom. The van der Waals surface area contributed by atoms with Crippen molar-refractivity contribution < 1.29 is 9.13 Å². The molecular formula is C16H26N2+2. The molecule has 18 heavy (non-hydrogen) atoms. The van der Waals surface area contributed by atoms with Crippen molar-refractivity contribution in [2.45, 2.75) is 27.7 Å². The summed E-state index contributed by atoms with van der Waals surface area (Å²) >= 11 is 0. The van der Waals surface area contributed by atoms with Crippen LogP contribution in [0.2, 0.25) is 0 Å². The molecule has 0 radical (unpaired) electrons. The topological polar surface area (TPSA) is 7.76 Å². The molecule has 0 fully saturated rings. The molecular weight excluding hydrogens is 220 g/mol. The van der Waals surface area contributed by atoms with Crippen LogP contribution >= 0.6 is 0 Å². The molecule has 2 aromatic rings. The second-order valence-electron chi connectivity index (χ2n) is 3.50. The predicted molar refractivity (Wildman–Crippen MR) is 76.9 cm³/mol. The third kappa shape index (κ3) is 5.09. The number of hydrogen-bond acceptors (Lipinski definition) is 0. The lowest BCUT2D eigenvalue weighted by atomic mass is 10.1. The van der Waals surface area contributed by atoms with E-state index in [1.165, 1.54) is 11.1 Å². The Kier molecular flexibility index (Phi) is 8.46. The van der Waals surface area contributed by atoms with Gasteiger partial charge in [0, 0.05) is 24.3 Å². The van der Waals surface area contributed by atoms with Crippen molar-refractivity contribution in [2.24, 2.45) is 14.1 Å². The average Bonchev–Trinajstić information content (AvgIpc) is 2.45. The lowest BCUT2D eigenvalue weighted by Gasteiger charge is -1.97. The van der Waals surface area contributed by atoms with Crippen molar-refractivity contribution >= 4 is 0 Å². The summed E-state index contributed by atoms with van der Waals surface area (Å²) in [5.41, 5.74) is 2.51. The van der Waals surface area contributed by atoms with Gasteiger partial charge in [0.15, 0.2) is 24.8 Å². The number of hydrogen-bond donors (Lipinski definition) is 0. The van der Waals surface area contributed by atoms with E-state index in [0.29, 0.717) is 0 Å². The minimum atomic E-state index is 1.25. The lowest BCUT2D eigenvalue weighted by Crippen LogP contribution is -2.26. The molecule has 2 aromatic heterocycles. The molecule has 0 spiro atoms. The second-order valence-corrected chi connectivity index (χ2v) is 3.50. The van der Waals surface area contributed by atoms with Crippen LogP contribution in [0.15, 0.2) is 49.1 Å². The molecule has 2 heterocycles. The average molecular weight is 246 g/mol. The highest BCUT2D eigenvalue weighted by atomic mass is 14.9. The smallest absolute Gasteiger partial charge is 0.169 e. The van der Waals surface area contributed by atoms with Gasteiger partial charge in [-0.05, 0) is 11.1 Å². The minimum Gasteiger partial charge on any atom is -0.208 e. The van der Waals surface area contributed by atoms with Crippen LogP contribution in [0.3, 0.4) is 0 Å². The van der Waals surface area contributed by atoms with Crippen LogP contribution in [0.4, 0.5) is 0 Å². The third-order valence-electron chi connectivity index (χ3n) is 2.29. The molecule has 2 rings (SSSR count). The Hall–Kier alpha value is -1.70. The van der Waals surface area contributed by atoms with Crippen LogP contribution in [0, 0.1) is 0 Å². The molecule has 98 valence electrons. The first-order valence-electron chi connectivity index (χ1n) is 6.67. The van der Waals surface area contributed by atoms with Crippen molar-refractivity contribution in [3.05, 3.63) is 49.1 Å². The molecule has 0 saturated heterocycles. The Balaban J connectivity index is 0.000000659. The quantitative estimate of drug-likeness (QED) is 0.683. The zero-order chi connectivity index (χ0) is 14.0. The van der Waals surface area contributed by atoms with Gasteiger partial charge < -0.3 is 0 Å². The first-order chi connectivity index (χ1) is 8.75. The fourth-order valence-electron chi connectivity index (χ4n) is 1.39. The van der Waals surface area contributed by atoms with Crippen molar-refractivity contribution in [1.29, 1.82) is 0 Å². The van der Waals surface area contributed by atoms with Gasteiger partial charge in [-0.3, -0.25) is 0 Å². The molecule has 0 atom stereocenters. The predicted octanol–water partition coefficient (Wildman–Crippen LogP) is 3.06. The van der Waals surface area contributed by atoms with Gasteiger partial charge in [0.1, 0.15) is 14.1 Å². The summed E-state index contributed by atoms with van der Waals surface area (Å²) in [6, 6.07) is 8.48. The number of pyridine rings is 2. The fourth-order valence-corrected chi connectivity index (χ4v) is 1.39. The normalized spacial score (nSPS) is 8.56. The lowest BCUT2D eigenvalue weighted by molar-refractivity contribution is -0.671. The van der Waals surface area contributed by atoms with E-state index < -0.39 is 0 Å². The van der Waals surface area contributed by atoms with Gasteiger partial charge >= 0.3 is 0 Å². The van der Waals surface area contributed by atoms with Crippen molar-refractivity contribution in [3.63, 3.8) is 0 Å². The molecule has 2 nitrogen and oxygen atoms in total. The van der Waals surface area contributed by atoms with E-state index in [1.54, 1.807) is 0 Å². The molecule has 0 saturated carbocycles. The molecule has 0 aliphatic rings. The Morgan fingerprint density at radius 2 is 0.778 bits per heavy atom. The van der Waals surface area contributed by atoms with Crippen LogP contribution < -0.4 is 9.13 Å². The SMILES string of the molecule is CC.CC.C[n+]1ccc(-c2cc[n+](C)cc2)cc1. The van der Waals surface area contributed by atoms with E-state index in [-0.39, 0.29) is 0 Å². The van der Waals surface area contributed by atoms with Crippen LogP contribution in [0.25, 0.3) is 11.1 Å². The standard InChI is InChI=1S/C12H14N2.2C2H6/c1-13-7-3-11(4-8-13)12-5-9-14(2)10-6-12;2*1-2/h3-10H,1-2H3;2*1-2H3/q+2;;. The first-order valence-corrected chi connectivity index (χ1v) is 6.67. The number of aryl methyl sites for hydroxylation is 2. The van der Waals surface area contributed by atoms with E-state index in [1.807, 2.05) is 50.9 Å². The van der Waals surface area contributed by atoms with Crippen LogP contribution in [0.1, 0.15) is 27.7 Å². The monoisotopic (exact) mass is 246 g/mol. The van der Waals surface area contributed by atoms with E-state index in [0.717, 1.165) is 0 Å². The maximum absolute atomic E-state index is 2.12. The second kappa shape index (κ2) is 9.34. The first kappa shape index (κ1) is 16.3. The number of aromatic nitrogens is 2. The maximum Gasteiger partial charge on any atom is 0.169 e. The van der Waals surface area contributed by atoms with Crippen LogP contribution in [-0.4, -0.2) is 0 Å². The third-order valence-corrected chi connectivity index (χ3v) is 2.29. The Bertz CT molecular complexity index is 372. The molecule has 0 amide bonds. The number of nitrogens with zero attached hydrogens (tertiary/aromatic N) is 2. The summed E-state index contributed by atoms with van der Waals surface area (Å²) in [7, 11) is 4.05. The largest absolute Gasteiger partial charge is 0.208 e. The summed E-state index contributed by atoms with van der Waals surface area (Å²) in [6.45, 7) is 8.00. The van der Waals surface area contributed by atoms with E-state index in [9.17, 15) is 0 Å². The van der Waals surface area contributed by atoms with Gasteiger partial charge in [-0.25, -0.2) is 9.13 Å². The Morgan fingerprint density at radius 3 is 1.00 bits per heavy atom. The van der Waals surface area contributed by atoms with E-state index in [2.05, 4.69) is 49.1 Å². The van der Waals surface area contributed by atoms with Crippen molar-refractivity contribution in [1.82, 2.24) is 0 Å². The molecule has 0 N–H and O–H groups in total. The molecule has 0 aliphatic carbocycles. The van der Waals surface area contributed by atoms with Gasteiger partial charge in [-0.15, -0.1) is 0 Å². The summed E-state index contributed by atoms with van der Waals surface area (Å²) in [4.78, 5) is 0. The molecule has 0 aromatic carbocycles. The van der Waals surface area contributed by atoms with Crippen molar-refractivity contribution in [3.8, 4) is 11.1 Å². The van der Waals surface area contributed by atoms with Gasteiger partial charge in [-0.2, -0.15) is 0 Å². The van der Waals surface area contributed by atoms with Gasteiger partial charge in [0.05, 0.1) is 0 Å². The molecule has 0 aliphatic heterocycles. The Labute approximate surface area is 112 Å². The van der Waals surface area contributed by atoms with Crippen molar-refractivity contribution in [2.75, 3.05) is 0 Å². The maximum atomic E-state index is 2.12. The summed E-state index contributed by atoms with van der Waals surface area (Å²) < 4.78 is 4.07. The van der Waals surface area contributed by atoms with Gasteiger partial charge in [0.2, 0.25) is 0 Å².